The van der Waals surface area contributed by atoms with Crippen LogP contribution in [0.15, 0.2) is 0 Å². The Labute approximate surface area is 97.5 Å². The molecule has 0 aliphatic carbocycles. The van der Waals surface area contributed by atoms with Gasteiger partial charge in [0.25, 0.3) is 0 Å². The van der Waals surface area contributed by atoms with Crippen LogP contribution in [-0.2, 0) is 10.0 Å². The molecular formula is C10H19N3O2S. The average Bonchev–Trinajstić information content (AvgIpc) is 2.76. The van der Waals surface area contributed by atoms with E-state index in [0.717, 1.165) is 19.4 Å². The Bertz CT molecular complexity index is 355. The summed E-state index contributed by atoms with van der Waals surface area (Å²) in [7, 11) is -3.46. The topological polar surface area (TPSA) is 73.2 Å². The highest BCUT2D eigenvalue weighted by molar-refractivity contribution is 7.89. The lowest BCUT2D eigenvalue weighted by atomic mass is 10.2. The average molecular weight is 245 g/mol. The first kappa shape index (κ1) is 13.4. The number of nitrogens with zero attached hydrogens (tertiary/aromatic N) is 2. The highest BCUT2D eigenvalue weighted by Crippen LogP contribution is 2.13. The van der Waals surface area contributed by atoms with Gasteiger partial charge in [-0.15, -0.1) is 0 Å². The number of nitrogens with one attached hydrogen (secondary N) is 1. The van der Waals surface area contributed by atoms with Crippen LogP contribution in [0, 0.1) is 11.3 Å². The van der Waals surface area contributed by atoms with Gasteiger partial charge in [-0.05, 0) is 26.3 Å². The highest BCUT2D eigenvalue weighted by Gasteiger charge is 2.30. The zero-order chi connectivity index (χ0) is 12.2. The Hall–Kier alpha value is -0.640. The van der Waals surface area contributed by atoms with Crippen molar-refractivity contribution in [3.63, 3.8) is 0 Å². The van der Waals surface area contributed by atoms with E-state index in [9.17, 15) is 8.42 Å². The summed E-state index contributed by atoms with van der Waals surface area (Å²) in [5.41, 5.74) is 0. The molecule has 0 radical (unpaired) electrons. The molecule has 0 aromatic carbocycles. The zero-order valence-corrected chi connectivity index (χ0v) is 10.6. The van der Waals surface area contributed by atoms with Gasteiger partial charge in [0.05, 0.1) is 6.07 Å². The molecule has 1 saturated heterocycles. The molecule has 1 aliphatic rings. The van der Waals surface area contributed by atoms with Gasteiger partial charge in [-0.3, -0.25) is 0 Å². The van der Waals surface area contributed by atoms with Crippen molar-refractivity contribution in [1.82, 2.24) is 9.62 Å². The summed E-state index contributed by atoms with van der Waals surface area (Å²) in [6.45, 7) is 5.09. The molecule has 2 atom stereocenters. The van der Waals surface area contributed by atoms with Crippen LogP contribution >= 0.6 is 0 Å². The summed E-state index contributed by atoms with van der Waals surface area (Å²) >= 11 is 0. The van der Waals surface area contributed by atoms with E-state index in [0.29, 0.717) is 13.1 Å². The van der Waals surface area contributed by atoms with E-state index in [1.807, 2.05) is 0 Å². The first-order valence-corrected chi connectivity index (χ1v) is 7.14. The molecule has 1 fully saturated rings. The Morgan fingerprint density at radius 1 is 1.62 bits per heavy atom. The fraction of sp³-hybridized carbons (Fsp3) is 0.900. The molecule has 0 aromatic heterocycles. The predicted octanol–water partition coefficient (Wildman–Crippen LogP) is 0.302. The second-order valence-corrected chi connectivity index (χ2v) is 6.31. The molecule has 5 nitrogen and oxygen atoms in total. The van der Waals surface area contributed by atoms with Gasteiger partial charge < -0.3 is 5.32 Å². The lowest BCUT2D eigenvalue weighted by molar-refractivity contribution is 0.381. The summed E-state index contributed by atoms with van der Waals surface area (Å²) in [4.78, 5) is 0. The third-order valence-electron chi connectivity index (χ3n) is 2.93. The van der Waals surface area contributed by atoms with Gasteiger partial charge in [0.1, 0.15) is 0 Å². The molecule has 0 spiro atoms. The normalized spacial score (nSPS) is 23.2. The smallest absolute Gasteiger partial charge is 0.230 e. The molecule has 0 bridgehead atoms. The maximum atomic E-state index is 12.0. The van der Waals surface area contributed by atoms with E-state index >= 15 is 0 Å². The minimum atomic E-state index is -3.46. The molecule has 2 unspecified atom stereocenters. The van der Waals surface area contributed by atoms with E-state index < -0.39 is 15.3 Å². The monoisotopic (exact) mass is 245 g/mol. The van der Waals surface area contributed by atoms with Gasteiger partial charge in [0.15, 0.2) is 5.25 Å². The summed E-state index contributed by atoms with van der Waals surface area (Å²) in [5, 5.41) is 11.0. The molecule has 16 heavy (non-hydrogen) atoms. The number of likely N-dealkylation sites (N-methyl/N-ethyl adjacent to an activating group) is 1. The molecule has 0 saturated carbocycles. The third kappa shape index (κ3) is 2.94. The Morgan fingerprint density at radius 2 is 2.31 bits per heavy atom. The molecule has 1 heterocycles. The largest absolute Gasteiger partial charge is 0.313 e. The Balaban J connectivity index is 2.70. The second kappa shape index (κ2) is 5.62. The van der Waals surface area contributed by atoms with Crippen molar-refractivity contribution >= 4 is 10.0 Å². The van der Waals surface area contributed by atoms with Crippen molar-refractivity contribution in [3.05, 3.63) is 0 Å². The molecule has 1 rings (SSSR count). The van der Waals surface area contributed by atoms with Crippen LogP contribution in [0.3, 0.4) is 0 Å². The van der Waals surface area contributed by atoms with Crippen molar-refractivity contribution in [2.45, 2.75) is 38.0 Å². The molecule has 92 valence electrons. The van der Waals surface area contributed by atoms with E-state index in [4.69, 9.17) is 5.26 Å². The number of hydrogen-bond acceptors (Lipinski definition) is 4. The van der Waals surface area contributed by atoms with Crippen molar-refractivity contribution < 1.29 is 8.42 Å². The zero-order valence-electron chi connectivity index (χ0n) is 9.81. The highest BCUT2D eigenvalue weighted by atomic mass is 32.2. The maximum Gasteiger partial charge on any atom is 0.230 e. The summed E-state index contributed by atoms with van der Waals surface area (Å²) in [6, 6.07) is 2.03. The number of nitriles is 1. The van der Waals surface area contributed by atoms with Gasteiger partial charge in [-0.2, -0.15) is 9.57 Å². The maximum absolute atomic E-state index is 12.0. The van der Waals surface area contributed by atoms with Gasteiger partial charge in [0.2, 0.25) is 10.0 Å². The number of hydrogen-bond donors (Lipinski definition) is 1. The van der Waals surface area contributed by atoms with E-state index in [1.54, 1.807) is 13.0 Å². The minimum absolute atomic E-state index is 0.237. The van der Waals surface area contributed by atoms with Crippen molar-refractivity contribution in [2.75, 3.05) is 19.6 Å². The van der Waals surface area contributed by atoms with Gasteiger partial charge in [-0.25, -0.2) is 8.42 Å². The van der Waals surface area contributed by atoms with E-state index in [2.05, 4.69) is 5.32 Å². The summed E-state index contributed by atoms with van der Waals surface area (Å²) in [5.74, 6) is 0. The van der Waals surface area contributed by atoms with Gasteiger partial charge in [-0.1, -0.05) is 6.92 Å². The van der Waals surface area contributed by atoms with Gasteiger partial charge in [0, 0.05) is 19.1 Å². The van der Waals surface area contributed by atoms with Crippen LogP contribution in [-0.4, -0.2) is 43.6 Å². The van der Waals surface area contributed by atoms with Crippen LogP contribution in [0.5, 0.6) is 0 Å². The number of sulfonamides is 1. The summed E-state index contributed by atoms with van der Waals surface area (Å²) < 4.78 is 25.3. The van der Waals surface area contributed by atoms with Crippen LogP contribution in [0.2, 0.25) is 0 Å². The van der Waals surface area contributed by atoms with Crippen molar-refractivity contribution in [2.24, 2.45) is 0 Å². The van der Waals surface area contributed by atoms with Crippen LogP contribution < -0.4 is 5.32 Å². The second-order valence-electron chi connectivity index (χ2n) is 4.06. The Kier molecular flexibility index (Phi) is 4.71. The van der Waals surface area contributed by atoms with Crippen molar-refractivity contribution in [3.8, 4) is 6.07 Å². The molecule has 6 heteroatoms. The molecule has 1 N–H and O–H groups in total. The fourth-order valence-electron chi connectivity index (χ4n) is 1.86. The van der Waals surface area contributed by atoms with Gasteiger partial charge >= 0.3 is 0 Å². The molecule has 1 aliphatic heterocycles. The predicted molar refractivity (Wildman–Crippen MR) is 62.3 cm³/mol. The van der Waals surface area contributed by atoms with E-state index in [1.165, 1.54) is 11.2 Å². The fourth-order valence-corrected chi connectivity index (χ4v) is 3.19. The quantitative estimate of drug-likeness (QED) is 0.756. The summed E-state index contributed by atoms with van der Waals surface area (Å²) in [6.07, 6.45) is 2.10. The molecular weight excluding hydrogens is 226 g/mol. The first-order valence-electron chi connectivity index (χ1n) is 5.64. The lowest BCUT2D eigenvalue weighted by Crippen LogP contribution is -2.44. The van der Waals surface area contributed by atoms with E-state index in [-0.39, 0.29) is 6.04 Å². The molecule has 0 aromatic rings. The standard InChI is InChI=1S/C10H19N3O2S/c1-3-13(8-10-5-4-6-12-10)16(14,15)9(2)7-11/h9-10,12H,3-6,8H2,1-2H3. The van der Waals surface area contributed by atoms with Crippen molar-refractivity contribution in [1.29, 1.82) is 5.26 Å². The lowest BCUT2D eigenvalue weighted by Gasteiger charge is -2.24. The SMILES string of the molecule is CCN(CC1CCCN1)S(=O)(=O)C(C)C#N. The van der Waals surface area contributed by atoms with Crippen LogP contribution in [0.4, 0.5) is 0 Å². The first-order chi connectivity index (χ1) is 7.52. The Morgan fingerprint density at radius 3 is 2.75 bits per heavy atom. The third-order valence-corrected chi connectivity index (χ3v) is 5.05. The van der Waals surface area contributed by atoms with Crippen LogP contribution in [0.25, 0.3) is 0 Å². The number of rotatable bonds is 5. The molecule has 0 amide bonds. The van der Waals surface area contributed by atoms with Crippen LogP contribution in [0.1, 0.15) is 26.7 Å². The minimum Gasteiger partial charge on any atom is -0.313 e.